The van der Waals surface area contributed by atoms with Crippen LogP contribution in [0.2, 0.25) is 0 Å². The molecular weight excluding hydrogens is 330 g/mol. The van der Waals surface area contributed by atoms with Crippen LogP contribution in [0.25, 0.3) is 6.08 Å². The number of benzene rings is 2. The Morgan fingerprint density at radius 1 is 1.04 bits per heavy atom. The first-order valence-electron chi connectivity index (χ1n) is 6.93. The quantitative estimate of drug-likeness (QED) is 0.639. The molecule has 0 bridgehead atoms. The van der Waals surface area contributed by atoms with Crippen molar-refractivity contribution < 1.29 is 22.7 Å². The van der Waals surface area contributed by atoms with Crippen molar-refractivity contribution in [1.82, 2.24) is 0 Å². The van der Waals surface area contributed by atoms with E-state index in [1.165, 1.54) is 26.4 Å². The number of sulfonamides is 1. The fraction of sp³-hybridized carbons (Fsp3) is 0.118. The van der Waals surface area contributed by atoms with Crippen LogP contribution in [0.15, 0.2) is 53.4 Å². The van der Waals surface area contributed by atoms with Crippen molar-refractivity contribution in [3.8, 4) is 11.5 Å². The third-order valence-corrected chi connectivity index (χ3v) is 4.22. The van der Waals surface area contributed by atoms with Gasteiger partial charge in [0.2, 0.25) is 10.0 Å². The van der Waals surface area contributed by atoms with Gasteiger partial charge in [0, 0.05) is 6.07 Å². The van der Waals surface area contributed by atoms with Crippen LogP contribution in [0.1, 0.15) is 15.9 Å². The minimum absolute atomic E-state index is 0.0120. The molecule has 2 aromatic carbocycles. The molecule has 0 fully saturated rings. The molecule has 0 aliphatic rings. The second-order valence-electron chi connectivity index (χ2n) is 4.86. The molecular formula is C17H17NO5S. The molecule has 0 aromatic heterocycles. The Bertz CT molecular complexity index is 873. The van der Waals surface area contributed by atoms with Gasteiger partial charge in [-0.3, -0.25) is 4.79 Å². The zero-order valence-corrected chi connectivity index (χ0v) is 14.0. The zero-order valence-electron chi connectivity index (χ0n) is 13.2. The summed E-state index contributed by atoms with van der Waals surface area (Å²) < 4.78 is 33.6. The van der Waals surface area contributed by atoms with E-state index in [-0.39, 0.29) is 22.0 Å². The van der Waals surface area contributed by atoms with Crippen LogP contribution < -0.4 is 14.6 Å². The normalized spacial score (nSPS) is 11.5. The fourth-order valence-electron chi connectivity index (χ4n) is 2.11. The van der Waals surface area contributed by atoms with E-state index in [4.69, 9.17) is 14.6 Å². The van der Waals surface area contributed by atoms with Gasteiger partial charge in [-0.15, -0.1) is 0 Å². The summed E-state index contributed by atoms with van der Waals surface area (Å²) in [7, 11) is -1.37. The van der Waals surface area contributed by atoms with Gasteiger partial charge in [-0.2, -0.15) is 0 Å². The number of nitrogens with two attached hydrogens (primary N) is 1. The van der Waals surface area contributed by atoms with Crippen LogP contribution >= 0.6 is 0 Å². The van der Waals surface area contributed by atoms with Crippen molar-refractivity contribution in [1.29, 1.82) is 0 Å². The number of ketones is 1. The second-order valence-corrected chi connectivity index (χ2v) is 6.39. The number of primary sulfonamides is 1. The number of carbonyl (C=O) groups is 1. The lowest BCUT2D eigenvalue weighted by atomic mass is 10.1. The van der Waals surface area contributed by atoms with Gasteiger partial charge in [-0.05, 0) is 17.7 Å². The smallest absolute Gasteiger partial charge is 0.241 e. The van der Waals surface area contributed by atoms with Crippen LogP contribution in [0.4, 0.5) is 0 Å². The molecule has 24 heavy (non-hydrogen) atoms. The van der Waals surface area contributed by atoms with E-state index in [0.717, 1.165) is 11.6 Å². The molecule has 0 saturated heterocycles. The SMILES string of the molecule is COc1cc(OC)c(S(N)(=O)=O)cc1C(=O)/C=C/c1ccccc1. The summed E-state index contributed by atoms with van der Waals surface area (Å²) in [4.78, 5) is 12.2. The number of rotatable bonds is 6. The summed E-state index contributed by atoms with van der Waals surface area (Å²) in [5, 5.41) is 5.18. The Balaban J connectivity index is 2.48. The van der Waals surface area contributed by atoms with Gasteiger partial charge >= 0.3 is 0 Å². The number of methoxy groups -OCH3 is 2. The number of hydrogen-bond acceptors (Lipinski definition) is 5. The summed E-state index contributed by atoms with van der Waals surface area (Å²) in [6, 6.07) is 11.7. The van der Waals surface area contributed by atoms with Crippen LogP contribution in [0, 0.1) is 0 Å². The molecule has 7 heteroatoms. The number of ether oxygens (including phenoxy) is 2. The Morgan fingerprint density at radius 3 is 2.21 bits per heavy atom. The van der Waals surface area contributed by atoms with Crippen molar-refractivity contribution in [2.45, 2.75) is 4.90 Å². The number of hydrogen-bond donors (Lipinski definition) is 1. The topological polar surface area (TPSA) is 95.7 Å². The molecule has 2 rings (SSSR count). The van der Waals surface area contributed by atoms with Crippen LogP contribution in [0.5, 0.6) is 11.5 Å². The maximum atomic E-state index is 12.4. The molecule has 2 N–H and O–H groups in total. The first-order chi connectivity index (χ1) is 11.4. The summed E-state index contributed by atoms with van der Waals surface area (Å²) in [6.45, 7) is 0. The van der Waals surface area contributed by atoms with Crippen molar-refractivity contribution >= 4 is 21.9 Å². The molecule has 0 heterocycles. The van der Waals surface area contributed by atoms with Gasteiger partial charge < -0.3 is 9.47 Å². The summed E-state index contributed by atoms with van der Waals surface area (Å²) in [5.74, 6) is -0.205. The predicted molar refractivity (Wildman–Crippen MR) is 90.7 cm³/mol. The third-order valence-electron chi connectivity index (χ3n) is 3.28. The molecule has 0 spiro atoms. The first-order valence-corrected chi connectivity index (χ1v) is 8.47. The van der Waals surface area contributed by atoms with Crippen molar-refractivity contribution in [3.05, 3.63) is 59.7 Å². The lowest BCUT2D eigenvalue weighted by molar-refractivity contribution is 0.104. The third kappa shape index (κ3) is 4.01. The highest BCUT2D eigenvalue weighted by Crippen LogP contribution is 2.32. The maximum Gasteiger partial charge on any atom is 0.241 e. The Morgan fingerprint density at radius 2 is 1.67 bits per heavy atom. The molecule has 0 amide bonds. The highest BCUT2D eigenvalue weighted by Gasteiger charge is 2.21. The molecule has 0 aliphatic heterocycles. The van der Waals surface area contributed by atoms with E-state index in [0.29, 0.717) is 0 Å². The maximum absolute atomic E-state index is 12.4. The molecule has 126 valence electrons. The number of allylic oxidation sites excluding steroid dienone is 1. The zero-order chi connectivity index (χ0) is 17.7. The Labute approximate surface area is 140 Å². The van der Waals surface area contributed by atoms with Gasteiger partial charge in [-0.1, -0.05) is 36.4 Å². The first kappa shape index (κ1) is 17.7. The monoisotopic (exact) mass is 347 g/mol. The van der Waals surface area contributed by atoms with E-state index < -0.39 is 15.8 Å². The van der Waals surface area contributed by atoms with Crippen LogP contribution in [0.3, 0.4) is 0 Å². The van der Waals surface area contributed by atoms with Crippen molar-refractivity contribution in [3.63, 3.8) is 0 Å². The van der Waals surface area contributed by atoms with E-state index in [1.54, 1.807) is 6.08 Å². The summed E-state index contributed by atoms with van der Waals surface area (Å²) >= 11 is 0. The van der Waals surface area contributed by atoms with Crippen LogP contribution in [-0.2, 0) is 10.0 Å². The average Bonchev–Trinajstić information content (AvgIpc) is 2.58. The lowest BCUT2D eigenvalue weighted by Crippen LogP contribution is -2.15. The van der Waals surface area contributed by atoms with Crippen molar-refractivity contribution in [2.24, 2.45) is 5.14 Å². The molecule has 2 aromatic rings. The summed E-state index contributed by atoms with van der Waals surface area (Å²) in [5.41, 5.74) is 0.916. The Hall–Kier alpha value is -2.64. The number of carbonyl (C=O) groups excluding carboxylic acids is 1. The Kier molecular flexibility index (Phi) is 5.38. The van der Waals surface area contributed by atoms with Gasteiger partial charge in [0.05, 0.1) is 19.8 Å². The van der Waals surface area contributed by atoms with Crippen LogP contribution in [-0.4, -0.2) is 28.4 Å². The molecule has 0 aliphatic carbocycles. The van der Waals surface area contributed by atoms with Gasteiger partial charge in [-0.25, -0.2) is 13.6 Å². The summed E-state index contributed by atoms with van der Waals surface area (Å²) in [6.07, 6.45) is 2.97. The van der Waals surface area contributed by atoms with E-state index in [9.17, 15) is 13.2 Å². The second kappa shape index (κ2) is 7.29. The minimum atomic E-state index is -4.05. The molecule has 0 atom stereocenters. The van der Waals surface area contributed by atoms with Gasteiger partial charge in [0.1, 0.15) is 16.4 Å². The largest absolute Gasteiger partial charge is 0.496 e. The molecule has 6 nitrogen and oxygen atoms in total. The molecule has 0 saturated carbocycles. The highest BCUT2D eigenvalue weighted by atomic mass is 32.2. The molecule has 0 unspecified atom stereocenters. The van der Waals surface area contributed by atoms with Gasteiger partial charge in [0.15, 0.2) is 5.78 Å². The molecule has 0 radical (unpaired) electrons. The standard InChI is InChI=1S/C17H17NO5S/c1-22-15-11-16(23-2)17(24(18,20)21)10-13(15)14(19)9-8-12-6-4-3-5-7-12/h3-11H,1-2H3,(H2,18,20,21)/b9-8+. The van der Waals surface area contributed by atoms with Gasteiger partial charge in [0.25, 0.3) is 0 Å². The minimum Gasteiger partial charge on any atom is -0.496 e. The van der Waals surface area contributed by atoms with E-state index in [1.807, 2.05) is 30.3 Å². The predicted octanol–water partition coefficient (Wildman–Crippen LogP) is 2.25. The average molecular weight is 347 g/mol. The fourth-order valence-corrected chi connectivity index (χ4v) is 2.82. The van der Waals surface area contributed by atoms with Crippen molar-refractivity contribution in [2.75, 3.05) is 14.2 Å². The van der Waals surface area contributed by atoms with E-state index >= 15 is 0 Å². The van der Waals surface area contributed by atoms with E-state index in [2.05, 4.69) is 0 Å². The highest BCUT2D eigenvalue weighted by molar-refractivity contribution is 7.89. The lowest BCUT2D eigenvalue weighted by Gasteiger charge is -2.12.